The van der Waals surface area contributed by atoms with E-state index in [1.54, 1.807) is 0 Å². The maximum absolute atomic E-state index is 11.7. The fraction of sp³-hybridized carbons (Fsp3) is 1.00. The first-order chi connectivity index (χ1) is 14.6. The van der Waals surface area contributed by atoms with E-state index >= 15 is 0 Å². The van der Waals surface area contributed by atoms with Crippen molar-refractivity contribution in [1.29, 1.82) is 0 Å². The summed E-state index contributed by atoms with van der Waals surface area (Å²) >= 11 is 0. The smallest absolute Gasteiger partial charge is 0.269 e. The molecule has 0 aromatic carbocycles. The van der Waals surface area contributed by atoms with Crippen LogP contribution < -0.4 is 10.2 Å². The molecule has 2 N–H and O–H groups in total. The Kier molecular flexibility index (Phi) is 23.7. The predicted octanol–water partition coefficient (Wildman–Crippen LogP) is 6.07. The molecule has 0 aliphatic rings. The van der Waals surface area contributed by atoms with Gasteiger partial charge in [0.2, 0.25) is 0 Å². The zero-order valence-corrected chi connectivity index (χ0v) is 20.5. The van der Waals surface area contributed by atoms with Gasteiger partial charge in [0.25, 0.3) is 7.82 Å². The first-order valence-electron chi connectivity index (χ1n) is 12.5. The number of hydrogen-bond donors (Lipinski definition) is 2. The lowest BCUT2D eigenvalue weighted by Crippen LogP contribution is -2.21. The molecule has 182 valence electrons. The van der Waals surface area contributed by atoms with Crippen LogP contribution in [0.25, 0.3) is 0 Å². The summed E-state index contributed by atoms with van der Waals surface area (Å²) in [6, 6.07) is 0. The van der Waals surface area contributed by atoms with Crippen molar-refractivity contribution in [2.45, 2.75) is 122 Å². The minimum Gasteiger partial charge on any atom is -0.756 e. The maximum atomic E-state index is 11.7. The highest BCUT2D eigenvalue weighted by atomic mass is 31.2. The Balaban J connectivity index is 3.27. The first-order valence-corrected chi connectivity index (χ1v) is 14.0. The molecule has 7 heteroatoms. The van der Waals surface area contributed by atoms with Crippen molar-refractivity contribution in [3.8, 4) is 0 Å². The van der Waals surface area contributed by atoms with Gasteiger partial charge in [0.1, 0.15) is 6.73 Å². The number of phosphoric acid groups is 1. The minimum absolute atomic E-state index is 0.0421. The van der Waals surface area contributed by atoms with Gasteiger partial charge in [-0.3, -0.25) is 9.88 Å². The molecule has 0 aromatic heterocycles. The fourth-order valence-electron chi connectivity index (χ4n) is 3.42. The van der Waals surface area contributed by atoms with Gasteiger partial charge in [0, 0.05) is 6.61 Å². The average Bonchev–Trinajstić information content (AvgIpc) is 2.72. The van der Waals surface area contributed by atoms with E-state index in [9.17, 15) is 9.46 Å². The molecule has 1 atom stereocenters. The molecule has 0 heterocycles. The average molecular weight is 451 g/mol. The van der Waals surface area contributed by atoms with Gasteiger partial charge in [-0.1, -0.05) is 103 Å². The standard InChI is InChI=1S/C23H50NO5P/c1-2-3-4-5-6-7-8-9-10-11-12-13-16-19-22-28-30(26,27)29-23-24-20-17-14-15-18-21-25/h24-25H,2-23H2,1H3,(H,26,27)/p-1. The van der Waals surface area contributed by atoms with E-state index in [0.717, 1.165) is 44.9 Å². The van der Waals surface area contributed by atoms with E-state index in [1.165, 1.54) is 70.6 Å². The Hall–Kier alpha value is 0.0300. The zero-order valence-electron chi connectivity index (χ0n) is 19.6. The summed E-state index contributed by atoms with van der Waals surface area (Å²) in [6.07, 6.45) is 21.5. The lowest BCUT2D eigenvalue weighted by atomic mass is 10.0. The lowest BCUT2D eigenvalue weighted by Gasteiger charge is -2.22. The van der Waals surface area contributed by atoms with Gasteiger partial charge in [-0.05, 0) is 25.8 Å². The van der Waals surface area contributed by atoms with Crippen molar-refractivity contribution in [2.24, 2.45) is 0 Å². The second kappa shape index (κ2) is 23.7. The van der Waals surface area contributed by atoms with Crippen LogP contribution >= 0.6 is 7.82 Å². The van der Waals surface area contributed by atoms with Crippen LogP contribution in [-0.2, 0) is 13.6 Å². The van der Waals surface area contributed by atoms with Crippen molar-refractivity contribution >= 4 is 7.82 Å². The van der Waals surface area contributed by atoms with Crippen LogP contribution in [0, 0.1) is 0 Å². The van der Waals surface area contributed by atoms with E-state index < -0.39 is 7.82 Å². The number of phosphoric ester groups is 1. The van der Waals surface area contributed by atoms with Gasteiger partial charge in [-0.15, -0.1) is 0 Å². The van der Waals surface area contributed by atoms with Gasteiger partial charge in [0.05, 0.1) is 6.61 Å². The summed E-state index contributed by atoms with van der Waals surface area (Å²) in [5, 5.41) is 11.6. The van der Waals surface area contributed by atoms with Crippen LogP contribution in [0.1, 0.15) is 122 Å². The van der Waals surface area contributed by atoms with Gasteiger partial charge in [-0.2, -0.15) is 0 Å². The summed E-state index contributed by atoms with van der Waals surface area (Å²) < 4.78 is 21.4. The predicted molar refractivity (Wildman–Crippen MR) is 123 cm³/mol. The van der Waals surface area contributed by atoms with Crippen LogP contribution in [-0.4, -0.2) is 31.6 Å². The first kappa shape index (κ1) is 30.0. The van der Waals surface area contributed by atoms with Crippen LogP contribution in [0.2, 0.25) is 0 Å². The van der Waals surface area contributed by atoms with Crippen molar-refractivity contribution in [1.82, 2.24) is 5.32 Å². The number of aliphatic hydroxyl groups excluding tert-OH is 1. The molecule has 30 heavy (non-hydrogen) atoms. The molecule has 0 amide bonds. The highest BCUT2D eigenvalue weighted by Gasteiger charge is 2.08. The quantitative estimate of drug-likeness (QED) is 0.0996. The van der Waals surface area contributed by atoms with Crippen molar-refractivity contribution in [3.63, 3.8) is 0 Å². The van der Waals surface area contributed by atoms with Crippen LogP contribution in [0.5, 0.6) is 0 Å². The Labute approximate surface area is 186 Å². The van der Waals surface area contributed by atoms with Crippen molar-refractivity contribution in [3.05, 3.63) is 0 Å². The third-order valence-corrected chi connectivity index (χ3v) is 6.28. The zero-order chi connectivity index (χ0) is 22.2. The third-order valence-electron chi connectivity index (χ3n) is 5.33. The molecule has 1 unspecified atom stereocenters. The minimum atomic E-state index is -4.19. The van der Waals surface area contributed by atoms with Crippen molar-refractivity contribution < 1.29 is 23.6 Å². The summed E-state index contributed by atoms with van der Waals surface area (Å²) in [6.45, 7) is 3.35. The number of nitrogens with one attached hydrogen (secondary N) is 1. The highest BCUT2D eigenvalue weighted by molar-refractivity contribution is 7.45. The molecule has 0 saturated heterocycles. The van der Waals surface area contributed by atoms with Crippen LogP contribution in [0.3, 0.4) is 0 Å². The molecule has 6 nitrogen and oxygen atoms in total. The molecule has 0 aliphatic heterocycles. The molecule has 0 saturated carbocycles. The van der Waals surface area contributed by atoms with E-state index in [0.29, 0.717) is 6.54 Å². The molecule has 0 aromatic rings. The fourth-order valence-corrected chi connectivity index (χ4v) is 4.10. The molecular formula is C23H49NO5P-. The van der Waals surface area contributed by atoms with E-state index in [2.05, 4.69) is 12.2 Å². The molecule has 0 aliphatic carbocycles. The molecular weight excluding hydrogens is 401 g/mol. The summed E-state index contributed by atoms with van der Waals surface area (Å²) in [4.78, 5) is 11.7. The van der Waals surface area contributed by atoms with E-state index in [4.69, 9.17) is 14.2 Å². The largest absolute Gasteiger partial charge is 0.756 e. The Morgan fingerprint density at radius 1 is 0.700 bits per heavy atom. The van der Waals surface area contributed by atoms with Gasteiger partial charge < -0.3 is 19.0 Å². The van der Waals surface area contributed by atoms with Gasteiger partial charge >= 0.3 is 0 Å². The second-order valence-corrected chi connectivity index (χ2v) is 9.70. The van der Waals surface area contributed by atoms with Crippen LogP contribution in [0.4, 0.5) is 0 Å². The number of hydrogen-bond acceptors (Lipinski definition) is 6. The van der Waals surface area contributed by atoms with E-state index in [-0.39, 0.29) is 19.9 Å². The Morgan fingerprint density at radius 3 is 1.70 bits per heavy atom. The third kappa shape index (κ3) is 24.3. The van der Waals surface area contributed by atoms with E-state index in [1.807, 2.05) is 0 Å². The topological polar surface area (TPSA) is 90.9 Å². The van der Waals surface area contributed by atoms with Gasteiger partial charge in [-0.25, -0.2) is 0 Å². The molecule has 0 rings (SSSR count). The Morgan fingerprint density at radius 2 is 1.17 bits per heavy atom. The number of unbranched alkanes of at least 4 members (excludes halogenated alkanes) is 16. The number of aliphatic hydroxyl groups is 1. The summed E-state index contributed by atoms with van der Waals surface area (Å²) in [7, 11) is -4.19. The Bertz CT molecular complexity index is 385. The maximum Gasteiger partial charge on any atom is 0.269 e. The summed E-state index contributed by atoms with van der Waals surface area (Å²) in [5.74, 6) is 0. The summed E-state index contributed by atoms with van der Waals surface area (Å²) in [5.41, 5.74) is 0. The lowest BCUT2D eigenvalue weighted by molar-refractivity contribution is -0.226. The molecule has 0 fully saturated rings. The molecule has 0 spiro atoms. The molecule has 0 bridgehead atoms. The van der Waals surface area contributed by atoms with Crippen molar-refractivity contribution in [2.75, 3.05) is 26.5 Å². The normalized spacial score (nSPS) is 13.6. The number of rotatable bonds is 25. The molecule has 0 radical (unpaired) electrons. The highest BCUT2D eigenvalue weighted by Crippen LogP contribution is 2.37. The van der Waals surface area contributed by atoms with Crippen LogP contribution in [0.15, 0.2) is 0 Å². The second-order valence-electron chi connectivity index (χ2n) is 8.29. The monoisotopic (exact) mass is 450 g/mol. The van der Waals surface area contributed by atoms with Gasteiger partial charge in [0.15, 0.2) is 0 Å². The SMILES string of the molecule is CCCCCCCCCCCCCCCCOP(=O)([O-])OCNCCCCCCO.